The summed E-state index contributed by atoms with van der Waals surface area (Å²) in [6, 6.07) is 0. The van der Waals surface area contributed by atoms with Crippen LogP contribution in [0.5, 0.6) is 0 Å². The fourth-order valence-corrected chi connectivity index (χ4v) is 0.316. The molecule has 0 spiro atoms. The Morgan fingerprint density at radius 1 is 1.67 bits per heavy atom. The van der Waals surface area contributed by atoms with Crippen molar-refractivity contribution in [3.05, 3.63) is 18.4 Å². The van der Waals surface area contributed by atoms with Crippen molar-refractivity contribution in [3.63, 3.8) is 0 Å². The van der Waals surface area contributed by atoms with Gasteiger partial charge in [-0.3, -0.25) is 0 Å². The molecule has 0 fully saturated rings. The highest BCUT2D eigenvalue weighted by Gasteiger charge is 2.01. The van der Waals surface area contributed by atoms with Crippen LogP contribution in [-0.4, -0.2) is 11.1 Å². The number of hydrogen-bond acceptors (Lipinski definition) is 3. The van der Waals surface area contributed by atoms with Gasteiger partial charge in [0.2, 0.25) is 0 Å². The van der Waals surface area contributed by atoms with E-state index in [9.17, 15) is 4.79 Å². The molecule has 0 aliphatic rings. The Kier molecular flexibility index (Phi) is 3.71. The Labute approximate surface area is 53.9 Å². The van der Waals surface area contributed by atoms with Gasteiger partial charge in [0.1, 0.15) is 0 Å². The van der Waals surface area contributed by atoms with Gasteiger partial charge in [0.25, 0.3) is 6.29 Å². The molecule has 0 aromatic rings. The third kappa shape index (κ3) is 5.03. The molecule has 1 radical (unpaired) electrons. The van der Waals surface area contributed by atoms with Gasteiger partial charge in [0.05, 0.1) is 0 Å². The lowest BCUT2D eigenvalue weighted by Gasteiger charge is -1.99. The number of allylic oxidation sites excluding steroid dienone is 1. The van der Waals surface area contributed by atoms with E-state index in [0.717, 1.165) is 0 Å². The molecule has 0 bridgehead atoms. The normalized spacial score (nSPS) is 10.7. The van der Waals surface area contributed by atoms with E-state index < -0.39 is 5.97 Å². The summed E-state index contributed by atoms with van der Waals surface area (Å²) in [7, 11) is 0. The van der Waals surface area contributed by atoms with Crippen LogP contribution in [0.1, 0.15) is 13.8 Å². The molecular formula is C6H9O3. The predicted molar refractivity (Wildman–Crippen MR) is 31.8 cm³/mol. The SMILES string of the molecule is CC=CC(=O)O[C](C)O. The number of esters is 1. The summed E-state index contributed by atoms with van der Waals surface area (Å²) in [4.78, 5) is 10.4. The van der Waals surface area contributed by atoms with Gasteiger partial charge < -0.3 is 9.84 Å². The van der Waals surface area contributed by atoms with Gasteiger partial charge in [-0.1, -0.05) is 6.08 Å². The van der Waals surface area contributed by atoms with Crippen LogP contribution in [0.25, 0.3) is 0 Å². The Balaban J connectivity index is 3.51. The highest BCUT2D eigenvalue weighted by atomic mass is 16.6. The van der Waals surface area contributed by atoms with E-state index in [0.29, 0.717) is 0 Å². The van der Waals surface area contributed by atoms with E-state index in [4.69, 9.17) is 5.11 Å². The van der Waals surface area contributed by atoms with Crippen LogP contribution >= 0.6 is 0 Å². The molecule has 0 atom stereocenters. The van der Waals surface area contributed by atoms with Crippen LogP contribution in [-0.2, 0) is 9.53 Å². The van der Waals surface area contributed by atoms with Gasteiger partial charge in [-0.15, -0.1) is 0 Å². The topological polar surface area (TPSA) is 46.5 Å². The molecule has 9 heavy (non-hydrogen) atoms. The first-order valence-corrected chi connectivity index (χ1v) is 2.54. The van der Waals surface area contributed by atoms with E-state index in [1.165, 1.54) is 19.1 Å². The lowest BCUT2D eigenvalue weighted by atomic mass is 10.5. The Hall–Kier alpha value is -0.830. The van der Waals surface area contributed by atoms with Gasteiger partial charge in [0.15, 0.2) is 0 Å². The maximum Gasteiger partial charge on any atom is 0.333 e. The van der Waals surface area contributed by atoms with Crippen molar-refractivity contribution in [2.24, 2.45) is 0 Å². The first-order chi connectivity index (χ1) is 4.16. The van der Waals surface area contributed by atoms with Gasteiger partial charge in [0, 0.05) is 13.0 Å². The molecule has 0 amide bonds. The minimum absolute atomic E-state index is 0.335. The van der Waals surface area contributed by atoms with Gasteiger partial charge >= 0.3 is 5.97 Å². The molecule has 3 nitrogen and oxygen atoms in total. The number of rotatable bonds is 2. The number of carbonyl (C=O) groups excluding carboxylic acids is 1. The summed E-state index contributed by atoms with van der Waals surface area (Å²) in [6.45, 7) is 2.98. The first-order valence-electron chi connectivity index (χ1n) is 2.54. The molecule has 0 aromatic heterocycles. The molecule has 0 rings (SSSR count). The second-order valence-corrected chi connectivity index (χ2v) is 1.44. The van der Waals surface area contributed by atoms with Crippen LogP contribution < -0.4 is 0 Å². The zero-order chi connectivity index (χ0) is 7.28. The minimum atomic E-state index is -0.558. The fraction of sp³-hybridized carbons (Fsp3) is 0.333. The summed E-state index contributed by atoms with van der Waals surface area (Å²) in [5, 5.41) is 8.39. The first kappa shape index (κ1) is 8.17. The highest BCUT2D eigenvalue weighted by Crippen LogP contribution is 1.94. The average molecular weight is 129 g/mol. The molecular weight excluding hydrogens is 120 g/mol. The molecule has 3 heteroatoms. The van der Waals surface area contributed by atoms with E-state index in [1.54, 1.807) is 6.92 Å². The van der Waals surface area contributed by atoms with Crippen LogP contribution in [0.4, 0.5) is 0 Å². The lowest BCUT2D eigenvalue weighted by Crippen LogP contribution is -2.03. The molecule has 0 unspecified atom stereocenters. The maximum atomic E-state index is 10.4. The van der Waals surface area contributed by atoms with Crippen LogP contribution in [0.3, 0.4) is 0 Å². The summed E-state index contributed by atoms with van der Waals surface area (Å²) < 4.78 is 4.24. The van der Waals surface area contributed by atoms with E-state index >= 15 is 0 Å². The summed E-state index contributed by atoms with van der Waals surface area (Å²) in [5.74, 6) is -0.558. The van der Waals surface area contributed by atoms with E-state index in [-0.39, 0.29) is 6.29 Å². The second-order valence-electron chi connectivity index (χ2n) is 1.44. The average Bonchev–Trinajstić information content (AvgIpc) is 1.63. The van der Waals surface area contributed by atoms with E-state index in [1.807, 2.05) is 0 Å². The van der Waals surface area contributed by atoms with E-state index in [2.05, 4.69) is 4.74 Å². The molecule has 1 N–H and O–H groups in total. The number of carbonyl (C=O) groups is 1. The monoisotopic (exact) mass is 129 g/mol. The van der Waals surface area contributed by atoms with Crippen molar-refractivity contribution in [2.45, 2.75) is 13.8 Å². The Morgan fingerprint density at radius 3 is 2.56 bits per heavy atom. The Morgan fingerprint density at radius 2 is 2.22 bits per heavy atom. The molecule has 0 saturated heterocycles. The Bertz CT molecular complexity index is 115. The zero-order valence-electron chi connectivity index (χ0n) is 5.42. The summed E-state index contributed by atoms with van der Waals surface area (Å²) in [6.07, 6.45) is 2.42. The van der Waals surface area contributed by atoms with Crippen LogP contribution in [0, 0.1) is 6.29 Å². The maximum absolute atomic E-state index is 10.4. The fourth-order valence-electron chi connectivity index (χ4n) is 0.316. The largest absolute Gasteiger partial charge is 0.423 e. The second kappa shape index (κ2) is 4.09. The molecule has 0 aliphatic carbocycles. The van der Waals surface area contributed by atoms with Crippen molar-refractivity contribution < 1.29 is 14.6 Å². The molecule has 0 aliphatic heterocycles. The minimum Gasteiger partial charge on any atom is -0.423 e. The quantitative estimate of drug-likeness (QED) is 0.446. The number of ether oxygens (including phenoxy) is 1. The van der Waals surface area contributed by atoms with Crippen molar-refractivity contribution in [1.82, 2.24) is 0 Å². The molecule has 0 aromatic carbocycles. The molecule has 0 heterocycles. The predicted octanol–water partition coefficient (Wildman–Crippen LogP) is 0.988. The van der Waals surface area contributed by atoms with Crippen molar-refractivity contribution in [2.75, 3.05) is 0 Å². The third-order valence-electron chi connectivity index (χ3n) is 0.551. The molecule has 0 saturated carbocycles. The number of aliphatic hydroxyl groups is 1. The highest BCUT2D eigenvalue weighted by molar-refractivity contribution is 5.82. The number of hydrogen-bond donors (Lipinski definition) is 1. The number of aliphatic hydroxyl groups excluding tert-OH is 1. The van der Waals surface area contributed by atoms with Crippen LogP contribution in [0.2, 0.25) is 0 Å². The lowest BCUT2D eigenvalue weighted by molar-refractivity contribution is -0.143. The standard InChI is InChI=1S/C6H9O3/c1-3-4-6(8)9-5(2)7/h3-4,7H,1-2H3. The van der Waals surface area contributed by atoms with Gasteiger partial charge in [-0.05, 0) is 6.92 Å². The van der Waals surface area contributed by atoms with Gasteiger partial charge in [-0.25, -0.2) is 4.79 Å². The van der Waals surface area contributed by atoms with Crippen molar-refractivity contribution in [1.29, 1.82) is 0 Å². The smallest absolute Gasteiger partial charge is 0.333 e. The van der Waals surface area contributed by atoms with Crippen molar-refractivity contribution >= 4 is 5.97 Å². The van der Waals surface area contributed by atoms with Crippen LogP contribution in [0.15, 0.2) is 12.2 Å². The summed E-state index contributed by atoms with van der Waals surface area (Å²) in [5.41, 5.74) is 0. The zero-order valence-corrected chi connectivity index (χ0v) is 5.42. The molecule has 51 valence electrons. The summed E-state index contributed by atoms with van der Waals surface area (Å²) >= 11 is 0. The third-order valence-corrected chi connectivity index (χ3v) is 0.551. The van der Waals surface area contributed by atoms with Crippen molar-refractivity contribution in [3.8, 4) is 0 Å². The van der Waals surface area contributed by atoms with Gasteiger partial charge in [-0.2, -0.15) is 0 Å².